The fourth-order valence-corrected chi connectivity index (χ4v) is 1.90. The highest BCUT2D eigenvalue weighted by Crippen LogP contribution is 2.18. The topological polar surface area (TPSA) is 24.9 Å². The van der Waals surface area contributed by atoms with E-state index < -0.39 is 11.6 Å². The fraction of sp³-hybridized carbons (Fsp3) is 0.267. The molecule has 1 heterocycles. The molecule has 0 bridgehead atoms. The molecular weight excluding hydrogens is 246 g/mol. The van der Waals surface area contributed by atoms with Crippen molar-refractivity contribution in [2.75, 3.05) is 0 Å². The molecule has 4 heteroatoms. The van der Waals surface area contributed by atoms with Crippen LogP contribution in [-0.4, -0.2) is 4.98 Å². The van der Waals surface area contributed by atoms with Crippen molar-refractivity contribution in [3.8, 4) is 0 Å². The molecule has 2 nitrogen and oxygen atoms in total. The summed E-state index contributed by atoms with van der Waals surface area (Å²) in [6.45, 7) is 4.37. The summed E-state index contributed by atoms with van der Waals surface area (Å²) in [4.78, 5) is 4.05. The number of rotatable bonds is 4. The van der Waals surface area contributed by atoms with Crippen LogP contribution in [0.2, 0.25) is 0 Å². The fourth-order valence-electron chi connectivity index (χ4n) is 1.90. The van der Waals surface area contributed by atoms with Gasteiger partial charge >= 0.3 is 0 Å². The first-order valence-corrected chi connectivity index (χ1v) is 6.15. The Labute approximate surface area is 111 Å². The number of pyridine rings is 1. The molecule has 19 heavy (non-hydrogen) atoms. The Kier molecular flexibility index (Phi) is 4.22. The first kappa shape index (κ1) is 13.6. The van der Waals surface area contributed by atoms with Gasteiger partial charge in [0.2, 0.25) is 0 Å². The smallest absolute Gasteiger partial charge is 0.128 e. The van der Waals surface area contributed by atoms with E-state index in [0.29, 0.717) is 12.1 Å². The normalized spacial score (nSPS) is 12.4. The van der Waals surface area contributed by atoms with E-state index in [0.717, 1.165) is 23.3 Å². The van der Waals surface area contributed by atoms with Crippen LogP contribution >= 0.6 is 0 Å². The number of benzene rings is 1. The first-order chi connectivity index (χ1) is 9.08. The average molecular weight is 262 g/mol. The molecule has 0 radical (unpaired) electrons. The van der Waals surface area contributed by atoms with Gasteiger partial charge in [-0.2, -0.15) is 0 Å². The second-order valence-corrected chi connectivity index (χ2v) is 4.57. The molecule has 0 saturated heterocycles. The van der Waals surface area contributed by atoms with Gasteiger partial charge in [-0.1, -0.05) is 0 Å². The summed E-state index contributed by atoms with van der Waals surface area (Å²) in [5.41, 5.74) is 2.50. The maximum atomic E-state index is 13.6. The predicted octanol–water partition coefficient (Wildman–Crippen LogP) is 3.52. The average Bonchev–Trinajstić information content (AvgIpc) is 2.40. The van der Waals surface area contributed by atoms with E-state index in [9.17, 15) is 8.78 Å². The van der Waals surface area contributed by atoms with E-state index in [2.05, 4.69) is 10.3 Å². The molecular formula is C15H16F2N2. The van der Waals surface area contributed by atoms with Gasteiger partial charge in [0, 0.05) is 30.5 Å². The summed E-state index contributed by atoms with van der Waals surface area (Å²) in [5.74, 6) is -0.827. The highest BCUT2D eigenvalue weighted by molar-refractivity contribution is 5.24. The highest BCUT2D eigenvalue weighted by atomic mass is 19.1. The lowest BCUT2D eigenvalue weighted by atomic mass is 10.1. The number of halogens is 2. The van der Waals surface area contributed by atoms with Crippen LogP contribution in [0.4, 0.5) is 8.78 Å². The van der Waals surface area contributed by atoms with Crippen LogP contribution in [0.1, 0.15) is 29.7 Å². The lowest BCUT2D eigenvalue weighted by Gasteiger charge is -2.16. The Bertz CT molecular complexity index is 570. The van der Waals surface area contributed by atoms with Crippen LogP contribution in [0, 0.1) is 18.6 Å². The van der Waals surface area contributed by atoms with Gasteiger partial charge in [0.25, 0.3) is 0 Å². The minimum absolute atomic E-state index is 0.268. The zero-order valence-corrected chi connectivity index (χ0v) is 11.0. The number of nitrogens with one attached hydrogen (secondary N) is 1. The third kappa shape index (κ3) is 3.35. The van der Waals surface area contributed by atoms with Crippen LogP contribution in [0.15, 0.2) is 36.7 Å². The minimum atomic E-state index is -0.428. The van der Waals surface area contributed by atoms with Crippen LogP contribution in [0.3, 0.4) is 0 Å². The van der Waals surface area contributed by atoms with Gasteiger partial charge in [-0.05, 0) is 49.2 Å². The third-order valence-electron chi connectivity index (χ3n) is 3.17. The van der Waals surface area contributed by atoms with E-state index in [1.807, 2.05) is 19.9 Å². The molecule has 0 spiro atoms. The van der Waals surface area contributed by atoms with Crippen molar-refractivity contribution >= 4 is 0 Å². The second kappa shape index (κ2) is 5.89. The molecule has 2 aromatic rings. The van der Waals surface area contributed by atoms with Crippen molar-refractivity contribution < 1.29 is 8.78 Å². The molecule has 1 N–H and O–H groups in total. The Balaban J connectivity index is 2.07. The Morgan fingerprint density at radius 2 is 2.05 bits per heavy atom. The van der Waals surface area contributed by atoms with Gasteiger partial charge in [0.1, 0.15) is 11.6 Å². The maximum Gasteiger partial charge on any atom is 0.128 e. The predicted molar refractivity (Wildman–Crippen MR) is 70.6 cm³/mol. The molecule has 1 aromatic heterocycles. The Hall–Kier alpha value is -1.81. The number of hydrogen-bond acceptors (Lipinski definition) is 2. The standard InChI is InChI=1S/C15H16F2N2/c1-10-5-6-18-8-12(10)9-19-11(2)14-7-13(16)3-4-15(14)17/h3-8,11,19H,9H2,1-2H3. The van der Waals surface area contributed by atoms with Crippen molar-refractivity contribution in [3.05, 3.63) is 65.0 Å². The first-order valence-electron chi connectivity index (χ1n) is 6.15. The van der Waals surface area contributed by atoms with Crippen molar-refractivity contribution in [2.24, 2.45) is 0 Å². The molecule has 0 aliphatic carbocycles. The lowest BCUT2D eigenvalue weighted by molar-refractivity contribution is 0.518. The number of aromatic nitrogens is 1. The SMILES string of the molecule is Cc1ccncc1CNC(C)c1cc(F)ccc1F. The maximum absolute atomic E-state index is 13.6. The van der Waals surface area contributed by atoms with Crippen molar-refractivity contribution in [1.82, 2.24) is 10.3 Å². The molecule has 1 aromatic carbocycles. The van der Waals surface area contributed by atoms with E-state index >= 15 is 0 Å². The zero-order chi connectivity index (χ0) is 13.8. The van der Waals surface area contributed by atoms with Gasteiger partial charge in [-0.25, -0.2) is 8.78 Å². The third-order valence-corrected chi connectivity index (χ3v) is 3.17. The number of aryl methyl sites for hydroxylation is 1. The van der Waals surface area contributed by atoms with Crippen molar-refractivity contribution in [1.29, 1.82) is 0 Å². The van der Waals surface area contributed by atoms with Crippen molar-refractivity contribution in [3.63, 3.8) is 0 Å². The number of hydrogen-bond donors (Lipinski definition) is 1. The van der Waals surface area contributed by atoms with Crippen LogP contribution in [0.25, 0.3) is 0 Å². The van der Waals surface area contributed by atoms with E-state index in [1.165, 1.54) is 6.07 Å². The van der Waals surface area contributed by atoms with Gasteiger partial charge in [0.15, 0.2) is 0 Å². The van der Waals surface area contributed by atoms with E-state index in [1.54, 1.807) is 12.4 Å². The summed E-state index contributed by atoms with van der Waals surface area (Å²) >= 11 is 0. The van der Waals surface area contributed by atoms with Gasteiger partial charge in [-0.15, -0.1) is 0 Å². The largest absolute Gasteiger partial charge is 0.306 e. The summed E-state index contributed by atoms with van der Waals surface area (Å²) in [6, 6.07) is 5.15. The Morgan fingerprint density at radius 3 is 2.79 bits per heavy atom. The minimum Gasteiger partial charge on any atom is -0.306 e. The molecule has 2 rings (SSSR count). The number of nitrogens with zero attached hydrogens (tertiary/aromatic N) is 1. The molecule has 0 aliphatic rings. The summed E-state index contributed by atoms with van der Waals surface area (Å²) in [7, 11) is 0. The zero-order valence-electron chi connectivity index (χ0n) is 11.0. The molecule has 100 valence electrons. The molecule has 0 amide bonds. The quantitative estimate of drug-likeness (QED) is 0.912. The van der Waals surface area contributed by atoms with Gasteiger partial charge in [-0.3, -0.25) is 4.98 Å². The second-order valence-electron chi connectivity index (χ2n) is 4.57. The van der Waals surface area contributed by atoms with Crippen LogP contribution < -0.4 is 5.32 Å². The molecule has 0 fully saturated rings. The molecule has 1 atom stereocenters. The lowest BCUT2D eigenvalue weighted by Crippen LogP contribution is -2.20. The monoisotopic (exact) mass is 262 g/mol. The van der Waals surface area contributed by atoms with Gasteiger partial charge < -0.3 is 5.32 Å². The van der Waals surface area contributed by atoms with Crippen LogP contribution in [0.5, 0.6) is 0 Å². The molecule has 0 aliphatic heterocycles. The van der Waals surface area contributed by atoms with Gasteiger partial charge in [0.05, 0.1) is 0 Å². The van der Waals surface area contributed by atoms with Crippen molar-refractivity contribution in [2.45, 2.75) is 26.4 Å². The Morgan fingerprint density at radius 1 is 1.26 bits per heavy atom. The van der Waals surface area contributed by atoms with E-state index in [4.69, 9.17) is 0 Å². The highest BCUT2D eigenvalue weighted by Gasteiger charge is 2.11. The summed E-state index contributed by atoms with van der Waals surface area (Å²) < 4.78 is 26.7. The summed E-state index contributed by atoms with van der Waals surface area (Å²) in [6.07, 6.45) is 3.51. The molecule has 0 saturated carbocycles. The molecule has 1 unspecified atom stereocenters. The summed E-state index contributed by atoms with van der Waals surface area (Å²) in [5, 5.41) is 3.18. The van der Waals surface area contributed by atoms with Crippen LogP contribution in [-0.2, 0) is 6.54 Å². The van der Waals surface area contributed by atoms with E-state index in [-0.39, 0.29) is 6.04 Å².